The first kappa shape index (κ1) is 13.5. The maximum absolute atomic E-state index is 5.31. The molecule has 0 saturated carbocycles. The molecule has 2 nitrogen and oxygen atoms in total. The van der Waals surface area contributed by atoms with E-state index >= 15 is 0 Å². The van der Waals surface area contributed by atoms with E-state index in [4.69, 9.17) is 6.42 Å². The van der Waals surface area contributed by atoms with Crippen molar-refractivity contribution in [2.45, 2.75) is 45.6 Å². The van der Waals surface area contributed by atoms with E-state index in [0.29, 0.717) is 0 Å². The number of hydrogen-bond donors (Lipinski definition) is 1. The Balaban J connectivity index is 2.02. The summed E-state index contributed by atoms with van der Waals surface area (Å²) in [5.74, 6) is 3.56. The first-order chi connectivity index (χ1) is 7.72. The molecule has 2 heteroatoms. The second-order valence-electron chi connectivity index (χ2n) is 5.24. The maximum Gasteiger partial charge on any atom is 0.0598 e. The normalized spacial score (nSPS) is 18.9. The molecule has 1 fully saturated rings. The van der Waals surface area contributed by atoms with Crippen molar-refractivity contribution in [1.29, 1.82) is 0 Å². The third-order valence-electron chi connectivity index (χ3n) is 3.29. The van der Waals surface area contributed by atoms with Gasteiger partial charge in [0.25, 0.3) is 0 Å². The van der Waals surface area contributed by atoms with Crippen LogP contribution in [0.3, 0.4) is 0 Å². The summed E-state index contributed by atoms with van der Waals surface area (Å²) in [6.07, 6.45) is 10.5. The average molecular weight is 222 g/mol. The summed E-state index contributed by atoms with van der Waals surface area (Å²) < 4.78 is 0. The second kappa shape index (κ2) is 7.70. The summed E-state index contributed by atoms with van der Waals surface area (Å²) in [6.45, 7) is 8.90. The molecule has 0 amide bonds. The number of rotatable bonds is 6. The number of likely N-dealkylation sites (tertiary alicyclic amines) is 1. The Bertz CT molecular complexity index is 209. The first-order valence-electron chi connectivity index (χ1n) is 6.61. The fraction of sp³-hybridized carbons (Fsp3) is 0.857. The Kier molecular flexibility index (Phi) is 6.52. The molecule has 92 valence electrons. The van der Waals surface area contributed by atoms with Crippen molar-refractivity contribution < 1.29 is 0 Å². The lowest BCUT2D eigenvalue weighted by molar-refractivity contribution is 0.217. The first-order valence-corrected chi connectivity index (χ1v) is 6.61. The Morgan fingerprint density at radius 3 is 2.62 bits per heavy atom. The van der Waals surface area contributed by atoms with E-state index in [1.165, 1.54) is 32.2 Å². The molecule has 1 N–H and O–H groups in total. The van der Waals surface area contributed by atoms with Gasteiger partial charge in [-0.1, -0.05) is 19.8 Å². The van der Waals surface area contributed by atoms with Gasteiger partial charge in [-0.3, -0.25) is 4.90 Å². The third kappa shape index (κ3) is 5.53. The van der Waals surface area contributed by atoms with Gasteiger partial charge in [0.15, 0.2) is 0 Å². The van der Waals surface area contributed by atoms with Crippen LogP contribution in [-0.4, -0.2) is 37.1 Å². The number of nitrogens with one attached hydrogen (secondary N) is 1. The fourth-order valence-electron chi connectivity index (χ4n) is 2.24. The molecule has 0 aliphatic carbocycles. The molecule has 0 unspecified atom stereocenters. The quantitative estimate of drug-likeness (QED) is 0.547. The Morgan fingerprint density at radius 2 is 2.06 bits per heavy atom. The van der Waals surface area contributed by atoms with Crippen LogP contribution < -0.4 is 5.32 Å². The highest BCUT2D eigenvalue weighted by Crippen LogP contribution is 2.10. The van der Waals surface area contributed by atoms with Crippen LogP contribution >= 0.6 is 0 Å². The molecule has 1 aliphatic heterocycles. The van der Waals surface area contributed by atoms with E-state index in [0.717, 1.165) is 31.6 Å². The standard InChI is InChI=1S/C14H26N2/c1-4-10-16-11-7-14(8-12-16)15-9-5-6-13(2)3/h1,13-15H,5-12H2,2-3H3. The zero-order valence-electron chi connectivity index (χ0n) is 10.8. The summed E-state index contributed by atoms with van der Waals surface area (Å²) in [6, 6.07) is 0.723. The summed E-state index contributed by atoms with van der Waals surface area (Å²) in [4.78, 5) is 2.37. The van der Waals surface area contributed by atoms with Gasteiger partial charge < -0.3 is 5.32 Å². The molecule has 1 rings (SSSR count). The average Bonchev–Trinajstić information content (AvgIpc) is 2.27. The minimum absolute atomic E-state index is 0.723. The topological polar surface area (TPSA) is 15.3 Å². The van der Waals surface area contributed by atoms with Crippen molar-refractivity contribution in [3.63, 3.8) is 0 Å². The highest BCUT2D eigenvalue weighted by molar-refractivity contribution is 4.90. The minimum Gasteiger partial charge on any atom is -0.314 e. The molecule has 0 spiro atoms. The molecule has 0 aromatic heterocycles. The van der Waals surface area contributed by atoms with Gasteiger partial charge >= 0.3 is 0 Å². The summed E-state index contributed by atoms with van der Waals surface area (Å²) in [7, 11) is 0. The van der Waals surface area contributed by atoms with Crippen LogP contribution in [0.25, 0.3) is 0 Å². The molecule has 0 radical (unpaired) electrons. The van der Waals surface area contributed by atoms with E-state index < -0.39 is 0 Å². The van der Waals surface area contributed by atoms with Crippen LogP contribution in [-0.2, 0) is 0 Å². The van der Waals surface area contributed by atoms with E-state index in [-0.39, 0.29) is 0 Å². The largest absolute Gasteiger partial charge is 0.314 e. The molecule has 0 atom stereocenters. The van der Waals surface area contributed by atoms with Crippen LogP contribution in [0, 0.1) is 18.3 Å². The van der Waals surface area contributed by atoms with Crippen molar-refractivity contribution in [3.05, 3.63) is 0 Å². The third-order valence-corrected chi connectivity index (χ3v) is 3.29. The van der Waals surface area contributed by atoms with Crippen LogP contribution in [0.15, 0.2) is 0 Å². The molecule has 16 heavy (non-hydrogen) atoms. The zero-order chi connectivity index (χ0) is 11.8. The van der Waals surface area contributed by atoms with Crippen molar-refractivity contribution in [2.75, 3.05) is 26.2 Å². The molecule has 0 bridgehead atoms. The molecule has 0 aromatic carbocycles. The number of terminal acetylenes is 1. The highest BCUT2D eigenvalue weighted by Gasteiger charge is 2.17. The SMILES string of the molecule is C#CCN1CCC(NCCCC(C)C)CC1. The van der Waals surface area contributed by atoms with E-state index in [1.807, 2.05) is 0 Å². The Hall–Kier alpha value is -0.520. The highest BCUT2D eigenvalue weighted by atomic mass is 15.1. The van der Waals surface area contributed by atoms with Gasteiger partial charge in [0.2, 0.25) is 0 Å². The van der Waals surface area contributed by atoms with Crippen molar-refractivity contribution in [1.82, 2.24) is 10.2 Å². The predicted octanol–water partition coefficient (Wildman–Crippen LogP) is 2.11. The van der Waals surface area contributed by atoms with Gasteiger partial charge in [0, 0.05) is 19.1 Å². The monoisotopic (exact) mass is 222 g/mol. The van der Waals surface area contributed by atoms with Crippen molar-refractivity contribution >= 4 is 0 Å². The Morgan fingerprint density at radius 1 is 1.38 bits per heavy atom. The number of hydrogen-bond acceptors (Lipinski definition) is 2. The Labute approximate surface area is 101 Å². The van der Waals surface area contributed by atoms with Crippen LogP contribution in [0.1, 0.15) is 39.5 Å². The van der Waals surface area contributed by atoms with Gasteiger partial charge in [0.1, 0.15) is 0 Å². The molecule has 1 saturated heterocycles. The number of nitrogens with zero attached hydrogens (tertiary/aromatic N) is 1. The van der Waals surface area contributed by atoms with E-state index in [2.05, 4.69) is 30.0 Å². The van der Waals surface area contributed by atoms with Crippen LogP contribution in [0.4, 0.5) is 0 Å². The van der Waals surface area contributed by atoms with E-state index in [9.17, 15) is 0 Å². The number of piperidine rings is 1. The van der Waals surface area contributed by atoms with Crippen molar-refractivity contribution in [2.24, 2.45) is 5.92 Å². The molecular formula is C14H26N2. The lowest BCUT2D eigenvalue weighted by atomic mass is 10.0. The molecular weight excluding hydrogens is 196 g/mol. The van der Waals surface area contributed by atoms with E-state index in [1.54, 1.807) is 0 Å². The lowest BCUT2D eigenvalue weighted by Gasteiger charge is -2.31. The van der Waals surface area contributed by atoms with Gasteiger partial charge in [-0.2, -0.15) is 0 Å². The maximum atomic E-state index is 5.31. The fourth-order valence-corrected chi connectivity index (χ4v) is 2.24. The van der Waals surface area contributed by atoms with Crippen LogP contribution in [0.2, 0.25) is 0 Å². The van der Waals surface area contributed by atoms with Crippen molar-refractivity contribution in [3.8, 4) is 12.3 Å². The predicted molar refractivity (Wildman–Crippen MR) is 70.4 cm³/mol. The summed E-state index contributed by atoms with van der Waals surface area (Å²) in [5, 5.41) is 3.66. The lowest BCUT2D eigenvalue weighted by Crippen LogP contribution is -2.42. The molecule has 1 aliphatic rings. The second-order valence-corrected chi connectivity index (χ2v) is 5.24. The molecule has 0 aromatic rings. The zero-order valence-corrected chi connectivity index (χ0v) is 10.8. The summed E-state index contributed by atoms with van der Waals surface area (Å²) >= 11 is 0. The van der Waals surface area contributed by atoms with Gasteiger partial charge in [-0.05, 0) is 38.1 Å². The smallest absolute Gasteiger partial charge is 0.0598 e. The summed E-state index contributed by atoms with van der Waals surface area (Å²) in [5.41, 5.74) is 0. The van der Waals surface area contributed by atoms with Gasteiger partial charge in [-0.15, -0.1) is 6.42 Å². The van der Waals surface area contributed by atoms with Gasteiger partial charge in [-0.25, -0.2) is 0 Å². The molecule has 1 heterocycles. The minimum atomic E-state index is 0.723. The van der Waals surface area contributed by atoms with Crippen LogP contribution in [0.5, 0.6) is 0 Å². The van der Waals surface area contributed by atoms with Gasteiger partial charge in [0.05, 0.1) is 6.54 Å².